The van der Waals surface area contributed by atoms with E-state index in [2.05, 4.69) is 14.9 Å². The maximum atomic E-state index is 12.5. The summed E-state index contributed by atoms with van der Waals surface area (Å²) in [6, 6.07) is 10.9. The third-order valence-corrected chi connectivity index (χ3v) is 4.01. The van der Waals surface area contributed by atoms with Crippen molar-refractivity contribution in [2.24, 2.45) is 0 Å². The minimum absolute atomic E-state index is 0.0954. The van der Waals surface area contributed by atoms with Crippen molar-refractivity contribution in [2.45, 2.75) is 12.2 Å². The monoisotopic (exact) mass is 394 g/mol. The van der Waals surface area contributed by atoms with Crippen molar-refractivity contribution in [3.63, 3.8) is 0 Å². The molecule has 0 bridgehead atoms. The Balaban J connectivity index is 1.76. The number of halogens is 4. The third kappa shape index (κ3) is 3.61. The second-order valence-corrected chi connectivity index (χ2v) is 5.84. The molecular formula is C18H10ClF3N2O3. The van der Waals surface area contributed by atoms with Gasteiger partial charge in [0, 0.05) is 16.5 Å². The molecule has 0 aliphatic rings. The van der Waals surface area contributed by atoms with Gasteiger partial charge in [-0.2, -0.15) is 0 Å². The van der Waals surface area contributed by atoms with Crippen LogP contribution in [-0.4, -0.2) is 16.6 Å². The summed E-state index contributed by atoms with van der Waals surface area (Å²) < 4.78 is 52.3. The van der Waals surface area contributed by atoms with Crippen LogP contribution in [-0.2, 0) is 5.88 Å². The van der Waals surface area contributed by atoms with Gasteiger partial charge in [0.2, 0.25) is 11.8 Å². The fraction of sp³-hybridized carbons (Fsp3) is 0.111. The number of fused-ring (bicyclic) bond motifs is 1. The fourth-order valence-corrected chi connectivity index (χ4v) is 2.78. The largest absolute Gasteiger partial charge is 0.573 e. The van der Waals surface area contributed by atoms with Gasteiger partial charge < -0.3 is 13.6 Å². The summed E-state index contributed by atoms with van der Waals surface area (Å²) in [7, 11) is 0. The van der Waals surface area contributed by atoms with Crippen LogP contribution in [0.15, 0.2) is 57.6 Å². The number of ether oxygens (including phenoxy) is 1. The van der Waals surface area contributed by atoms with Crippen LogP contribution in [0.3, 0.4) is 0 Å². The zero-order valence-corrected chi connectivity index (χ0v) is 14.2. The molecule has 138 valence electrons. The number of hydrogen-bond donors (Lipinski definition) is 0. The summed E-state index contributed by atoms with van der Waals surface area (Å²) in [5.74, 6) is 0.359. The van der Waals surface area contributed by atoms with Crippen LogP contribution in [0.1, 0.15) is 5.89 Å². The highest BCUT2D eigenvalue weighted by atomic mass is 35.5. The average Bonchev–Trinajstić information content (AvgIpc) is 3.27. The van der Waals surface area contributed by atoms with Gasteiger partial charge in [0.1, 0.15) is 17.2 Å². The molecule has 0 aliphatic carbocycles. The van der Waals surface area contributed by atoms with Crippen LogP contribution in [0.5, 0.6) is 5.75 Å². The van der Waals surface area contributed by atoms with Crippen LogP contribution in [0, 0.1) is 0 Å². The van der Waals surface area contributed by atoms with Crippen molar-refractivity contribution < 1.29 is 26.7 Å². The van der Waals surface area contributed by atoms with Crippen LogP contribution in [0.2, 0.25) is 0 Å². The Labute approximate surface area is 155 Å². The van der Waals surface area contributed by atoms with Gasteiger partial charge in [-0.1, -0.05) is 12.1 Å². The molecule has 0 saturated carbocycles. The molecule has 0 amide bonds. The Morgan fingerprint density at radius 3 is 2.63 bits per heavy atom. The first-order valence-corrected chi connectivity index (χ1v) is 8.22. The van der Waals surface area contributed by atoms with E-state index in [1.807, 2.05) is 0 Å². The molecular weight excluding hydrogens is 385 g/mol. The third-order valence-electron chi connectivity index (χ3n) is 3.78. The van der Waals surface area contributed by atoms with E-state index in [9.17, 15) is 13.2 Å². The topological polar surface area (TPSA) is 61.3 Å². The van der Waals surface area contributed by atoms with Crippen molar-refractivity contribution >= 4 is 22.6 Å². The molecule has 0 N–H and O–H groups in total. The quantitative estimate of drug-likeness (QED) is 0.410. The SMILES string of the molecule is FC(F)(F)Oc1cccc(-c2coc3ccc(-c4nnc(CCl)o4)cc23)c1. The number of furan rings is 1. The molecule has 5 nitrogen and oxygen atoms in total. The lowest BCUT2D eigenvalue weighted by molar-refractivity contribution is -0.274. The van der Waals surface area contributed by atoms with E-state index in [0.717, 1.165) is 0 Å². The molecule has 4 rings (SSSR count). The van der Waals surface area contributed by atoms with Gasteiger partial charge in [0.25, 0.3) is 0 Å². The van der Waals surface area contributed by atoms with Crippen LogP contribution >= 0.6 is 11.6 Å². The Hall–Kier alpha value is -3.00. The highest BCUT2D eigenvalue weighted by molar-refractivity contribution is 6.16. The summed E-state index contributed by atoms with van der Waals surface area (Å²) in [5, 5.41) is 8.42. The molecule has 0 spiro atoms. The molecule has 0 saturated heterocycles. The molecule has 2 aromatic heterocycles. The standard InChI is InChI=1S/C18H10ClF3N2O3/c19-8-16-23-24-17(26-16)11-4-5-15-13(7-11)14(9-25-15)10-2-1-3-12(6-10)27-18(20,21)22/h1-7,9H,8H2. The molecule has 27 heavy (non-hydrogen) atoms. The number of nitrogens with zero attached hydrogens (tertiary/aromatic N) is 2. The second-order valence-electron chi connectivity index (χ2n) is 5.57. The van der Waals surface area contributed by atoms with E-state index in [0.29, 0.717) is 27.7 Å². The lowest BCUT2D eigenvalue weighted by Gasteiger charge is -2.09. The van der Waals surface area contributed by atoms with Crippen molar-refractivity contribution in [3.8, 4) is 28.3 Å². The van der Waals surface area contributed by atoms with Crippen LogP contribution < -0.4 is 4.74 Å². The van der Waals surface area contributed by atoms with Gasteiger partial charge in [0.15, 0.2) is 0 Å². The van der Waals surface area contributed by atoms with E-state index in [1.54, 1.807) is 24.3 Å². The summed E-state index contributed by atoms with van der Waals surface area (Å²) in [4.78, 5) is 0. The van der Waals surface area contributed by atoms with Crippen LogP contribution in [0.25, 0.3) is 33.6 Å². The molecule has 4 aromatic rings. The van der Waals surface area contributed by atoms with Gasteiger partial charge in [-0.3, -0.25) is 0 Å². The van der Waals surface area contributed by atoms with E-state index in [1.165, 1.54) is 24.5 Å². The minimum Gasteiger partial charge on any atom is -0.464 e. The van der Waals surface area contributed by atoms with E-state index in [-0.39, 0.29) is 23.4 Å². The minimum atomic E-state index is -4.76. The molecule has 9 heteroatoms. The number of aromatic nitrogens is 2. The summed E-state index contributed by atoms with van der Waals surface area (Å²) in [6.45, 7) is 0. The Morgan fingerprint density at radius 1 is 1.04 bits per heavy atom. The molecule has 0 unspecified atom stereocenters. The van der Waals surface area contributed by atoms with Crippen molar-refractivity contribution in [2.75, 3.05) is 0 Å². The van der Waals surface area contributed by atoms with E-state index < -0.39 is 6.36 Å². The normalized spacial score (nSPS) is 11.9. The summed E-state index contributed by atoms with van der Waals surface area (Å²) >= 11 is 5.67. The molecule has 0 radical (unpaired) electrons. The molecule has 0 fully saturated rings. The summed E-state index contributed by atoms with van der Waals surface area (Å²) in [6.07, 6.45) is -3.29. The van der Waals surface area contributed by atoms with Crippen LogP contribution in [0.4, 0.5) is 13.2 Å². The number of alkyl halides is 4. The second kappa shape index (κ2) is 6.62. The first-order valence-electron chi connectivity index (χ1n) is 7.69. The molecule has 2 aromatic carbocycles. The number of hydrogen-bond acceptors (Lipinski definition) is 5. The van der Waals surface area contributed by atoms with E-state index in [4.69, 9.17) is 20.4 Å². The van der Waals surface area contributed by atoms with Crippen molar-refractivity contribution in [3.05, 3.63) is 54.6 Å². The highest BCUT2D eigenvalue weighted by Crippen LogP contribution is 2.35. The lowest BCUT2D eigenvalue weighted by atomic mass is 10.0. The highest BCUT2D eigenvalue weighted by Gasteiger charge is 2.31. The number of benzene rings is 2. The molecule has 0 atom stereocenters. The van der Waals surface area contributed by atoms with Gasteiger partial charge in [-0.05, 0) is 35.9 Å². The lowest BCUT2D eigenvalue weighted by Crippen LogP contribution is -2.17. The van der Waals surface area contributed by atoms with Crippen molar-refractivity contribution in [1.82, 2.24) is 10.2 Å². The Kier molecular flexibility index (Phi) is 4.27. The Morgan fingerprint density at radius 2 is 1.89 bits per heavy atom. The van der Waals surface area contributed by atoms with Crippen molar-refractivity contribution in [1.29, 1.82) is 0 Å². The number of rotatable bonds is 4. The Bertz CT molecular complexity index is 1100. The smallest absolute Gasteiger partial charge is 0.464 e. The summed E-state index contributed by atoms with van der Waals surface area (Å²) in [5.41, 5.74) is 2.32. The molecule has 2 heterocycles. The zero-order valence-electron chi connectivity index (χ0n) is 13.5. The van der Waals surface area contributed by atoms with Gasteiger partial charge in [0.05, 0.1) is 6.26 Å². The maximum absolute atomic E-state index is 12.5. The first-order chi connectivity index (χ1) is 12.9. The van der Waals surface area contributed by atoms with E-state index >= 15 is 0 Å². The fourth-order valence-electron chi connectivity index (χ4n) is 2.67. The average molecular weight is 395 g/mol. The predicted molar refractivity (Wildman–Crippen MR) is 91.2 cm³/mol. The van der Waals surface area contributed by atoms with Gasteiger partial charge >= 0.3 is 6.36 Å². The van der Waals surface area contributed by atoms with Gasteiger partial charge in [-0.25, -0.2) is 0 Å². The van der Waals surface area contributed by atoms with Gasteiger partial charge in [-0.15, -0.1) is 35.0 Å². The molecule has 0 aliphatic heterocycles. The first kappa shape index (κ1) is 17.4. The predicted octanol–water partition coefficient (Wildman–Crippen LogP) is 5.79. The zero-order chi connectivity index (χ0) is 19.0. The maximum Gasteiger partial charge on any atom is 0.573 e.